The molecular formula is C23H25N3O4S. The van der Waals surface area contributed by atoms with Crippen molar-refractivity contribution in [2.75, 3.05) is 57.4 Å². The standard InChI is InChI=1S/C23H25N3O4S/c27-23(26-14-16-30-17-15-26)22-21(19-8-4-5-9-20(19)31(22,28)29)25-12-10-24(11-13-25)18-6-2-1-3-7-18/h1-9H,10-17H2. The summed E-state index contributed by atoms with van der Waals surface area (Å²) >= 11 is 0. The molecule has 0 unspecified atom stereocenters. The minimum Gasteiger partial charge on any atom is -0.378 e. The zero-order chi connectivity index (χ0) is 21.4. The Morgan fingerprint density at radius 1 is 0.774 bits per heavy atom. The topological polar surface area (TPSA) is 70.2 Å². The first-order chi connectivity index (χ1) is 15.1. The number of anilines is 1. The van der Waals surface area contributed by atoms with Crippen molar-refractivity contribution < 1.29 is 17.9 Å². The number of hydrogen-bond acceptors (Lipinski definition) is 6. The molecule has 0 bridgehead atoms. The van der Waals surface area contributed by atoms with Gasteiger partial charge in [0, 0.05) is 50.5 Å². The molecule has 2 aromatic rings. The Balaban J connectivity index is 1.51. The molecule has 0 saturated carbocycles. The second-order valence-corrected chi connectivity index (χ2v) is 9.75. The molecule has 0 radical (unpaired) electrons. The van der Waals surface area contributed by atoms with Gasteiger partial charge in [-0.2, -0.15) is 0 Å². The maximum absolute atomic E-state index is 13.4. The average molecular weight is 440 g/mol. The van der Waals surface area contributed by atoms with Crippen LogP contribution >= 0.6 is 0 Å². The third kappa shape index (κ3) is 3.49. The molecular weight excluding hydrogens is 414 g/mol. The predicted molar refractivity (Wildman–Crippen MR) is 118 cm³/mol. The third-order valence-corrected chi connectivity index (χ3v) is 7.97. The highest BCUT2D eigenvalue weighted by molar-refractivity contribution is 7.97. The monoisotopic (exact) mass is 439 g/mol. The molecule has 2 fully saturated rings. The van der Waals surface area contributed by atoms with Crippen LogP contribution in [-0.4, -0.2) is 76.6 Å². The first kappa shape index (κ1) is 20.1. The van der Waals surface area contributed by atoms with E-state index in [1.54, 1.807) is 17.0 Å². The third-order valence-electron chi connectivity index (χ3n) is 6.13. The SMILES string of the molecule is O=C(C1=C(N2CCN(c3ccccc3)CC2)c2ccccc2S1(=O)=O)N1CCOCC1. The number of amides is 1. The van der Waals surface area contributed by atoms with Gasteiger partial charge >= 0.3 is 0 Å². The van der Waals surface area contributed by atoms with Crippen molar-refractivity contribution in [1.29, 1.82) is 0 Å². The van der Waals surface area contributed by atoms with E-state index in [0.717, 1.165) is 18.8 Å². The van der Waals surface area contributed by atoms with Gasteiger partial charge in [-0.25, -0.2) is 8.42 Å². The first-order valence-electron chi connectivity index (χ1n) is 10.6. The number of rotatable bonds is 3. The molecule has 162 valence electrons. The van der Waals surface area contributed by atoms with Gasteiger partial charge in [-0.05, 0) is 18.2 Å². The van der Waals surface area contributed by atoms with Crippen LogP contribution in [0.5, 0.6) is 0 Å². The number of piperazine rings is 1. The highest BCUT2D eigenvalue weighted by Gasteiger charge is 2.44. The van der Waals surface area contributed by atoms with Crippen LogP contribution in [0.15, 0.2) is 64.4 Å². The minimum atomic E-state index is -3.87. The molecule has 0 spiro atoms. The molecule has 0 aromatic heterocycles. The van der Waals surface area contributed by atoms with Crippen molar-refractivity contribution >= 4 is 27.1 Å². The number of carbonyl (C=O) groups excluding carboxylic acids is 1. The molecule has 3 heterocycles. The lowest BCUT2D eigenvalue weighted by molar-refractivity contribution is -0.130. The van der Waals surface area contributed by atoms with Crippen LogP contribution in [0.25, 0.3) is 5.70 Å². The normalized spacial score (nSPS) is 20.7. The van der Waals surface area contributed by atoms with Crippen LogP contribution in [0.1, 0.15) is 5.56 Å². The molecule has 7 nitrogen and oxygen atoms in total. The van der Waals surface area contributed by atoms with Crippen molar-refractivity contribution in [3.05, 3.63) is 65.1 Å². The number of nitrogens with zero attached hydrogens (tertiary/aromatic N) is 3. The highest BCUT2D eigenvalue weighted by atomic mass is 32.2. The summed E-state index contributed by atoms with van der Waals surface area (Å²) in [6.45, 7) is 4.48. The number of carbonyl (C=O) groups is 1. The maximum atomic E-state index is 13.4. The Morgan fingerprint density at radius 3 is 2.10 bits per heavy atom. The number of benzene rings is 2. The van der Waals surface area contributed by atoms with Gasteiger partial charge in [0.05, 0.1) is 23.8 Å². The second kappa shape index (κ2) is 8.01. The van der Waals surface area contributed by atoms with Crippen LogP contribution in [0, 0.1) is 0 Å². The summed E-state index contributed by atoms with van der Waals surface area (Å²) in [7, 11) is -3.87. The van der Waals surface area contributed by atoms with Crippen LogP contribution in [0.2, 0.25) is 0 Å². The van der Waals surface area contributed by atoms with Gasteiger partial charge in [0.1, 0.15) is 0 Å². The fraction of sp³-hybridized carbons (Fsp3) is 0.348. The fourth-order valence-electron chi connectivity index (χ4n) is 4.52. The Kier molecular flexibility index (Phi) is 5.19. The lowest BCUT2D eigenvalue weighted by Crippen LogP contribution is -2.46. The molecule has 2 saturated heterocycles. The van der Waals surface area contributed by atoms with Crippen molar-refractivity contribution in [3.8, 4) is 0 Å². The first-order valence-corrected chi connectivity index (χ1v) is 12.1. The van der Waals surface area contributed by atoms with Crippen molar-refractivity contribution in [2.45, 2.75) is 4.90 Å². The Bertz CT molecular complexity index is 1120. The number of ether oxygens (including phenoxy) is 1. The summed E-state index contributed by atoms with van der Waals surface area (Å²) in [6.07, 6.45) is 0. The summed E-state index contributed by atoms with van der Waals surface area (Å²) in [5.74, 6) is -0.417. The zero-order valence-electron chi connectivity index (χ0n) is 17.2. The number of sulfone groups is 1. The summed E-state index contributed by atoms with van der Waals surface area (Å²) in [5, 5.41) is 0. The van der Waals surface area contributed by atoms with Crippen LogP contribution in [0.3, 0.4) is 0 Å². The molecule has 0 N–H and O–H groups in total. The number of fused-ring (bicyclic) bond motifs is 1. The van der Waals surface area contributed by atoms with E-state index in [1.165, 1.54) is 0 Å². The fourth-order valence-corrected chi connectivity index (χ4v) is 6.31. The van der Waals surface area contributed by atoms with Crippen LogP contribution < -0.4 is 4.90 Å². The Labute approximate surface area is 182 Å². The van der Waals surface area contributed by atoms with E-state index in [-0.39, 0.29) is 9.80 Å². The molecule has 0 aliphatic carbocycles. The van der Waals surface area contributed by atoms with Crippen molar-refractivity contribution in [2.24, 2.45) is 0 Å². The van der Waals surface area contributed by atoms with E-state index in [0.29, 0.717) is 50.7 Å². The van der Waals surface area contributed by atoms with Gasteiger partial charge in [-0.3, -0.25) is 4.79 Å². The van der Waals surface area contributed by atoms with E-state index >= 15 is 0 Å². The molecule has 2 aromatic carbocycles. The maximum Gasteiger partial charge on any atom is 0.268 e. The molecule has 5 rings (SSSR count). The lowest BCUT2D eigenvalue weighted by atomic mass is 10.1. The predicted octanol–water partition coefficient (Wildman–Crippen LogP) is 1.82. The summed E-state index contributed by atoms with van der Waals surface area (Å²) in [6, 6.07) is 17.1. The average Bonchev–Trinajstić information content (AvgIpc) is 3.07. The van der Waals surface area contributed by atoms with E-state index in [4.69, 9.17) is 4.74 Å². The summed E-state index contributed by atoms with van der Waals surface area (Å²) < 4.78 is 32.2. The van der Waals surface area contributed by atoms with Gasteiger partial charge in [-0.15, -0.1) is 0 Å². The smallest absolute Gasteiger partial charge is 0.268 e. The molecule has 1 amide bonds. The minimum absolute atomic E-state index is 0.0799. The molecule has 3 aliphatic rings. The quantitative estimate of drug-likeness (QED) is 0.727. The van der Waals surface area contributed by atoms with Crippen LogP contribution in [0.4, 0.5) is 5.69 Å². The van der Waals surface area contributed by atoms with Gasteiger partial charge < -0.3 is 19.4 Å². The zero-order valence-corrected chi connectivity index (χ0v) is 18.1. The molecule has 0 atom stereocenters. The van der Waals surface area contributed by atoms with Gasteiger partial charge in [0.15, 0.2) is 4.91 Å². The number of hydrogen-bond donors (Lipinski definition) is 0. The Hall–Kier alpha value is -2.84. The molecule has 8 heteroatoms. The van der Waals surface area contributed by atoms with Gasteiger partial charge in [-0.1, -0.05) is 36.4 Å². The Morgan fingerprint density at radius 2 is 1.39 bits per heavy atom. The molecule has 3 aliphatic heterocycles. The van der Waals surface area contributed by atoms with E-state index in [1.807, 2.05) is 30.3 Å². The van der Waals surface area contributed by atoms with E-state index in [9.17, 15) is 13.2 Å². The second-order valence-electron chi connectivity index (χ2n) is 7.89. The number of para-hydroxylation sites is 1. The largest absolute Gasteiger partial charge is 0.378 e. The summed E-state index contributed by atoms with van der Waals surface area (Å²) in [5.41, 5.74) is 2.34. The lowest BCUT2D eigenvalue weighted by Gasteiger charge is -2.38. The van der Waals surface area contributed by atoms with E-state index < -0.39 is 15.7 Å². The van der Waals surface area contributed by atoms with Crippen molar-refractivity contribution in [1.82, 2.24) is 9.80 Å². The highest BCUT2D eigenvalue weighted by Crippen LogP contribution is 2.42. The van der Waals surface area contributed by atoms with Gasteiger partial charge in [0.2, 0.25) is 9.84 Å². The van der Waals surface area contributed by atoms with Crippen LogP contribution in [-0.2, 0) is 19.4 Å². The van der Waals surface area contributed by atoms with Crippen molar-refractivity contribution in [3.63, 3.8) is 0 Å². The van der Waals surface area contributed by atoms with E-state index in [2.05, 4.69) is 21.9 Å². The number of morpholine rings is 1. The molecule has 31 heavy (non-hydrogen) atoms. The van der Waals surface area contributed by atoms with Gasteiger partial charge in [0.25, 0.3) is 5.91 Å². The summed E-state index contributed by atoms with van der Waals surface area (Å²) in [4.78, 5) is 19.5.